The summed E-state index contributed by atoms with van der Waals surface area (Å²) in [7, 11) is 0. The second kappa shape index (κ2) is 1.49. The second-order valence-electron chi connectivity index (χ2n) is 0.923. The zero-order valence-corrected chi connectivity index (χ0v) is 3.73. The average molecular weight is 107 g/mol. The van der Waals surface area contributed by atoms with Gasteiger partial charge in [0.05, 0.1) is 5.03 Å². The Kier molecular flexibility index (Phi) is 0.986. The first-order valence-corrected chi connectivity index (χ1v) is 1.90. The largest absolute Gasteiger partial charge is 0.344 e. The highest BCUT2D eigenvalue weighted by Crippen LogP contribution is 2.08. The first kappa shape index (κ1) is 3.96. The topological polar surface area (TPSA) is 18.5 Å². The molecule has 1 heterocycles. The Bertz CT molecular complexity index is 78.9. The standard InChI is InChI=1S/C3H3ClO2/c4-3-1-5-6-2-3/h1H,2H2. The van der Waals surface area contributed by atoms with Crippen LogP contribution in [0, 0.1) is 0 Å². The molecule has 0 fully saturated rings. The van der Waals surface area contributed by atoms with Gasteiger partial charge in [0.2, 0.25) is 0 Å². The van der Waals surface area contributed by atoms with Crippen molar-refractivity contribution < 1.29 is 9.78 Å². The highest BCUT2D eigenvalue weighted by Gasteiger charge is 1.99. The molecule has 6 heavy (non-hydrogen) atoms. The van der Waals surface area contributed by atoms with Gasteiger partial charge in [0.15, 0.2) is 0 Å². The Hall–Kier alpha value is -0.210. The van der Waals surface area contributed by atoms with Crippen molar-refractivity contribution in [2.75, 3.05) is 6.61 Å². The zero-order valence-electron chi connectivity index (χ0n) is 2.98. The molecule has 0 N–H and O–H groups in total. The molecular formula is C3H3ClO2. The van der Waals surface area contributed by atoms with Crippen molar-refractivity contribution in [2.45, 2.75) is 0 Å². The monoisotopic (exact) mass is 106 g/mol. The highest BCUT2D eigenvalue weighted by molar-refractivity contribution is 6.29. The quantitative estimate of drug-likeness (QED) is 0.430. The van der Waals surface area contributed by atoms with Crippen LogP contribution < -0.4 is 0 Å². The number of hydrogen-bond acceptors (Lipinski definition) is 2. The molecule has 0 unspecified atom stereocenters. The second-order valence-corrected chi connectivity index (χ2v) is 1.41. The van der Waals surface area contributed by atoms with Crippen molar-refractivity contribution in [1.29, 1.82) is 0 Å². The van der Waals surface area contributed by atoms with Gasteiger partial charge in [0.25, 0.3) is 0 Å². The van der Waals surface area contributed by atoms with Crippen molar-refractivity contribution in [3.63, 3.8) is 0 Å². The minimum absolute atomic E-state index is 0.390. The molecule has 2 nitrogen and oxygen atoms in total. The lowest BCUT2D eigenvalue weighted by atomic mass is 10.7. The third-order valence-electron chi connectivity index (χ3n) is 0.441. The molecule has 0 saturated carbocycles. The lowest BCUT2D eigenvalue weighted by molar-refractivity contribution is -0.221. The van der Waals surface area contributed by atoms with Crippen LogP contribution in [-0.4, -0.2) is 6.61 Å². The summed E-state index contributed by atoms with van der Waals surface area (Å²) in [6.45, 7) is 0.390. The molecule has 0 aromatic heterocycles. The third-order valence-corrected chi connectivity index (χ3v) is 0.639. The van der Waals surface area contributed by atoms with Crippen LogP contribution in [0.2, 0.25) is 0 Å². The van der Waals surface area contributed by atoms with E-state index in [1.165, 1.54) is 6.26 Å². The van der Waals surface area contributed by atoms with E-state index in [1.807, 2.05) is 0 Å². The molecule has 1 aliphatic heterocycles. The van der Waals surface area contributed by atoms with Crippen molar-refractivity contribution in [3.8, 4) is 0 Å². The smallest absolute Gasteiger partial charge is 0.146 e. The highest BCUT2D eigenvalue weighted by atomic mass is 35.5. The van der Waals surface area contributed by atoms with Crippen LogP contribution in [0.4, 0.5) is 0 Å². The summed E-state index contributed by atoms with van der Waals surface area (Å²) in [6, 6.07) is 0. The minimum Gasteiger partial charge on any atom is -0.344 e. The van der Waals surface area contributed by atoms with Crippen molar-refractivity contribution in [1.82, 2.24) is 0 Å². The molecule has 1 aliphatic rings. The zero-order chi connectivity index (χ0) is 4.41. The van der Waals surface area contributed by atoms with Gasteiger partial charge in [-0.25, -0.2) is 0 Å². The van der Waals surface area contributed by atoms with E-state index in [9.17, 15) is 0 Å². The summed E-state index contributed by atoms with van der Waals surface area (Å²) in [5.41, 5.74) is 0. The van der Waals surface area contributed by atoms with Gasteiger partial charge < -0.3 is 4.89 Å². The van der Waals surface area contributed by atoms with Crippen molar-refractivity contribution >= 4 is 11.6 Å². The number of hydrogen-bond donors (Lipinski definition) is 0. The molecule has 0 bridgehead atoms. The molecule has 0 aromatic carbocycles. The molecular weight excluding hydrogens is 103 g/mol. The first-order valence-electron chi connectivity index (χ1n) is 1.52. The number of rotatable bonds is 0. The maximum atomic E-state index is 5.32. The fraction of sp³-hybridized carbons (Fsp3) is 0.333. The van der Waals surface area contributed by atoms with Crippen LogP contribution in [0.3, 0.4) is 0 Å². The van der Waals surface area contributed by atoms with Gasteiger partial charge in [-0.15, -0.1) is 0 Å². The molecule has 0 aromatic rings. The van der Waals surface area contributed by atoms with E-state index in [4.69, 9.17) is 11.6 Å². The van der Waals surface area contributed by atoms with Crippen LogP contribution >= 0.6 is 11.6 Å². The molecule has 0 spiro atoms. The van der Waals surface area contributed by atoms with Gasteiger partial charge in [0.1, 0.15) is 12.9 Å². The average Bonchev–Trinajstić information content (AvgIpc) is 1.86. The van der Waals surface area contributed by atoms with E-state index in [2.05, 4.69) is 9.78 Å². The third kappa shape index (κ3) is 0.640. The van der Waals surface area contributed by atoms with Gasteiger partial charge in [-0.1, -0.05) is 11.6 Å². The summed E-state index contributed by atoms with van der Waals surface area (Å²) in [4.78, 5) is 8.59. The van der Waals surface area contributed by atoms with Crippen LogP contribution in [0.1, 0.15) is 0 Å². The van der Waals surface area contributed by atoms with E-state index < -0.39 is 0 Å². The fourth-order valence-electron chi connectivity index (χ4n) is 0.211. The van der Waals surface area contributed by atoms with E-state index in [-0.39, 0.29) is 0 Å². The van der Waals surface area contributed by atoms with Crippen molar-refractivity contribution in [2.24, 2.45) is 0 Å². The molecule has 0 atom stereocenters. The molecule has 0 radical (unpaired) electrons. The maximum Gasteiger partial charge on any atom is 0.146 e. The van der Waals surface area contributed by atoms with Gasteiger partial charge >= 0.3 is 0 Å². The normalized spacial score (nSPS) is 19.8. The van der Waals surface area contributed by atoms with E-state index in [0.717, 1.165) is 0 Å². The van der Waals surface area contributed by atoms with Crippen LogP contribution in [0.5, 0.6) is 0 Å². The van der Waals surface area contributed by atoms with E-state index in [1.54, 1.807) is 0 Å². The predicted octanol–water partition coefficient (Wildman–Crippen LogP) is 1.03. The molecule has 0 saturated heterocycles. The van der Waals surface area contributed by atoms with Crippen LogP contribution in [0.25, 0.3) is 0 Å². The van der Waals surface area contributed by atoms with Gasteiger partial charge in [-0.3, -0.25) is 0 Å². The lowest BCUT2D eigenvalue weighted by Gasteiger charge is -1.80. The lowest BCUT2D eigenvalue weighted by Crippen LogP contribution is -1.77. The number of halogens is 1. The molecule has 1 rings (SSSR count). The van der Waals surface area contributed by atoms with Gasteiger partial charge in [0, 0.05) is 0 Å². The summed E-state index contributed by atoms with van der Waals surface area (Å²) >= 11 is 5.32. The van der Waals surface area contributed by atoms with Crippen LogP contribution in [0.15, 0.2) is 11.3 Å². The SMILES string of the molecule is ClC1=COOC1. The van der Waals surface area contributed by atoms with Crippen LogP contribution in [-0.2, 0) is 9.78 Å². The summed E-state index contributed by atoms with van der Waals surface area (Å²) < 4.78 is 0. The Balaban J connectivity index is 2.45. The molecule has 0 amide bonds. The fourth-order valence-corrected chi connectivity index (χ4v) is 0.291. The molecule has 34 valence electrons. The Morgan fingerprint density at radius 1 is 1.83 bits per heavy atom. The summed E-state index contributed by atoms with van der Waals surface area (Å²) in [5.74, 6) is 0. The van der Waals surface area contributed by atoms with Gasteiger partial charge in [-0.05, 0) is 0 Å². The van der Waals surface area contributed by atoms with Gasteiger partial charge in [-0.2, -0.15) is 4.89 Å². The molecule has 0 aliphatic carbocycles. The Morgan fingerprint density at radius 2 is 2.67 bits per heavy atom. The summed E-state index contributed by atoms with van der Waals surface area (Å²) in [5, 5.41) is 0.606. The van der Waals surface area contributed by atoms with E-state index in [0.29, 0.717) is 11.6 Å². The maximum absolute atomic E-state index is 5.32. The van der Waals surface area contributed by atoms with E-state index >= 15 is 0 Å². The summed E-state index contributed by atoms with van der Waals surface area (Å²) in [6.07, 6.45) is 1.36. The minimum atomic E-state index is 0.390. The molecule has 3 heteroatoms. The van der Waals surface area contributed by atoms with Crippen molar-refractivity contribution in [3.05, 3.63) is 11.3 Å². The Labute approximate surface area is 40.2 Å². The first-order chi connectivity index (χ1) is 2.89. The Morgan fingerprint density at radius 3 is 2.83 bits per heavy atom. The predicted molar refractivity (Wildman–Crippen MR) is 21.0 cm³/mol.